The van der Waals surface area contributed by atoms with E-state index in [9.17, 15) is 9.59 Å². The molecule has 5 heteroatoms. The number of benzene rings is 2. The zero-order valence-corrected chi connectivity index (χ0v) is 14.9. The van der Waals surface area contributed by atoms with Crippen molar-refractivity contribution in [2.75, 3.05) is 17.3 Å². The molecule has 1 aliphatic rings. The summed E-state index contributed by atoms with van der Waals surface area (Å²) in [6.07, 6.45) is 0.142. The largest absolute Gasteiger partial charge is 0.497 e. The highest BCUT2D eigenvalue weighted by molar-refractivity contribution is 6.23. The van der Waals surface area contributed by atoms with Gasteiger partial charge < -0.3 is 10.1 Å². The third-order valence-electron chi connectivity index (χ3n) is 4.42. The van der Waals surface area contributed by atoms with Crippen LogP contribution in [-0.2, 0) is 9.59 Å². The minimum atomic E-state index is -0.570. The van der Waals surface area contributed by atoms with Crippen LogP contribution in [-0.4, -0.2) is 25.0 Å². The predicted octanol–water partition coefficient (Wildman–Crippen LogP) is 3.36. The van der Waals surface area contributed by atoms with Gasteiger partial charge in [0.2, 0.25) is 5.91 Å². The monoisotopic (exact) mass is 338 g/mol. The van der Waals surface area contributed by atoms with Gasteiger partial charge in [0.05, 0.1) is 19.2 Å². The highest BCUT2D eigenvalue weighted by Crippen LogP contribution is 2.32. The topological polar surface area (TPSA) is 58.6 Å². The number of amides is 2. The summed E-state index contributed by atoms with van der Waals surface area (Å²) >= 11 is 0. The van der Waals surface area contributed by atoms with E-state index in [4.69, 9.17) is 4.74 Å². The van der Waals surface area contributed by atoms with E-state index < -0.39 is 6.04 Å². The number of rotatable bonds is 4. The lowest BCUT2D eigenvalue weighted by molar-refractivity contribution is -0.121. The second kappa shape index (κ2) is 6.59. The van der Waals surface area contributed by atoms with E-state index in [0.717, 1.165) is 22.4 Å². The molecule has 0 radical (unpaired) electrons. The van der Waals surface area contributed by atoms with Crippen LogP contribution in [0.4, 0.5) is 11.4 Å². The summed E-state index contributed by atoms with van der Waals surface area (Å²) in [6.45, 7) is 5.86. The smallest absolute Gasteiger partial charge is 0.256 e. The Morgan fingerprint density at radius 1 is 1.08 bits per heavy atom. The van der Waals surface area contributed by atoms with Crippen molar-refractivity contribution in [2.24, 2.45) is 0 Å². The van der Waals surface area contributed by atoms with Gasteiger partial charge in [-0.25, -0.2) is 4.90 Å². The second-order valence-corrected chi connectivity index (χ2v) is 6.45. The van der Waals surface area contributed by atoms with Gasteiger partial charge >= 0.3 is 0 Å². The van der Waals surface area contributed by atoms with Gasteiger partial charge in [-0.2, -0.15) is 0 Å². The Bertz CT molecular complexity index is 822. The molecule has 0 spiro atoms. The van der Waals surface area contributed by atoms with Gasteiger partial charge in [-0.3, -0.25) is 9.59 Å². The first kappa shape index (κ1) is 17.0. The zero-order valence-electron chi connectivity index (χ0n) is 14.9. The average molecular weight is 338 g/mol. The fourth-order valence-corrected chi connectivity index (χ4v) is 3.42. The number of aryl methyl sites for hydroxylation is 3. The fourth-order valence-electron chi connectivity index (χ4n) is 3.42. The van der Waals surface area contributed by atoms with Crippen LogP contribution < -0.4 is 15.0 Å². The summed E-state index contributed by atoms with van der Waals surface area (Å²) in [6, 6.07) is 10.7. The minimum absolute atomic E-state index is 0.142. The number of hydrogen-bond acceptors (Lipinski definition) is 4. The summed E-state index contributed by atoms with van der Waals surface area (Å²) in [7, 11) is 1.59. The van der Waals surface area contributed by atoms with E-state index >= 15 is 0 Å². The maximum absolute atomic E-state index is 12.9. The van der Waals surface area contributed by atoms with Crippen LogP contribution in [0.5, 0.6) is 5.75 Å². The maximum atomic E-state index is 12.9. The predicted molar refractivity (Wildman–Crippen MR) is 98.2 cm³/mol. The van der Waals surface area contributed by atoms with Crippen LogP contribution in [0.25, 0.3) is 0 Å². The molecule has 1 fully saturated rings. The number of nitrogens with zero attached hydrogens (tertiary/aromatic N) is 1. The van der Waals surface area contributed by atoms with Gasteiger partial charge in [-0.1, -0.05) is 23.8 Å². The maximum Gasteiger partial charge on any atom is 0.256 e. The Labute approximate surface area is 147 Å². The Morgan fingerprint density at radius 2 is 1.76 bits per heavy atom. The van der Waals surface area contributed by atoms with Crippen molar-refractivity contribution >= 4 is 23.2 Å². The molecule has 0 saturated carbocycles. The Hall–Kier alpha value is -2.82. The second-order valence-electron chi connectivity index (χ2n) is 6.45. The molecule has 0 aliphatic carbocycles. The van der Waals surface area contributed by atoms with Crippen LogP contribution in [0.3, 0.4) is 0 Å². The molecule has 2 aromatic rings. The molecule has 0 aromatic heterocycles. The quantitative estimate of drug-likeness (QED) is 0.869. The van der Waals surface area contributed by atoms with E-state index in [0.29, 0.717) is 11.4 Å². The van der Waals surface area contributed by atoms with Crippen molar-refractivity contribution in [3.05, 3.63) is 53.1 Å². The third kappa shape index (κ3) is 3.22. The molecule has 1 saturated heterocycles. The molecule has 5 nitrogen and oxygen atoms in total. The van der Waals surface area contributed by atoms with Gasteiger partial charge in [-0.15, -0.1) is 0 Å². The van der Waals surface area contributed by atoms with Crippen molar-refractivity contribution in [1.82, 2.24) is 0 Å². The van der Waals surface area contributed by atoms with Crippen molar-refractivity contribution < 1.29 is 14.3 Å². The molecule has 25 heavy (non-hydrogen) atoms. The lowest BCUT2D eigenvalue weighted by Crippen LogP contribution is -2.35. The highest BCUT2D eigenvalue weighted by atomic mass is 16.5. The molecular formula is C20H22N2O3. The van der Waals surface area contributed by atoms with Crippen molar-refractivity contribution in [1.29, 1.82) is 0 Å². The van der Waals surface area contributed by atoms with Crippen LogP contribution >= 0.6 is 0 Å². The molecular weight excluding hydrogens is 316 g/mol. The number of carbonyl (C=O) groups excluding carboxylic acids is 2. The van der Waals surface area contributed by atoms with Crippen LogP contribution in [0.2, 0.25) is 0 Å². The third-order valence-corrected chi connectivity index (χ3v) is 4.42. The van der Waals surface area contributed by atoms with Gasteiger partial charge in [0, 0.05) is 11.8 Å². The van der Waals surface area contributed by atoms with Gasteiger partial charge in [0.25, 0.3) is 5.91 Å². The van der Waals surface area contributed by atoms with Crippen molar-refractivity contribution in [2.45, 2.75) is 33.2 Å². The number of ether oxygens (including phenoxy) is 1. The van der Waals surface area contributed by atoms with E-state index in [1.165, 1.54) is 4.90 Å². The summed E-state index contributed by atoms with van der Waals surface area (Å²) < 4.78 is 5.20. The standard InChI is InChI=1S/C20H22N2O3/c1-12-8-13(2)19(14(3)9-12)22-18(23)11-17(20(22)24)21-15-6-5-7-16(10-15)25-4/h5-10,17,21H,11H2,1-4H3. The van der Waals surface area contributed by atoms with Gasteiger partial charge in [0.1, 0.15) is 11.8 Å². The Morgan fingerprint density at radius 3 is 2.40 bits per heavy atom. The number of hydrogen-bond donors (Lipinski definition) is 1. The van der Waals surface area contributed by atoms with Crippen LogP contribution in [0.1, 0.15) is 23.1 Å². The number of nitrogens with one attached hydrogen (secondary N) is 1. The molecule has 3 rings (SSSR count). The molecule has 2 amide bonds. The summed E-state index contributed by atoms with van der Waals surface area (Å²) in [5.74, 6) is 0.298. The Kier molecular flexibility index (Phi) is 4.49. The molecule has 0 bridgehead atoms. The summed E-state index contributed by atoms with van der Waals surface area (Å²) in [4.78, 5) is 26.7. The lowest BCUT2D eigenvalue weighted by Gasteiger charge is -2.21. The minimum Gasteiger partial charge on any atom is -0.497 e. The molecule has 1 heterocycles. The van der Waals surface area contributed by atoms with Crippen molar-refractivity contribution in [3.8, 4) is 5.75 Å². The van der Waals surface area contributed by atoms with Crippen molar-refractivity contribution in [3.63, 3.8) is 0 Å². The lowest BCUT2D eigenvalue weighted by atomic mass is 10.0. The first-order chi connectivity index (χ1) is 11.9. The fraction of sp³-hybridized carbons (Fsp3) is 0.300. The number of methoxy groups -OCH3 is 1. The Balaban J connectivity index is 1.88. The van der Waals surface area contributed by atoms with E-state index in [2.05, 4.69) is 5.32 Å². The molecule has 130 valence electrons. The summed E-state index contributed by atoms with van der Waals surface area (Å²) in [5, 5.41) is 3.15. The molecule has 2 aromatic carbocycles. The zero-order chi connectivity index (χ0) is 18.1. The first-order valence-electron chi connectivity index (χ1n) is 8.26. The number of anilines is 2. The molecule has 1 aliphatic heterocycles. The number of carbonyl (C=O) groups is 2. The molecule has 1 unspecified atom stereocenters. The summed E-state index contributed by atoms with van der Waals surface area (Å²) in [5.41, 5.74) is 4.44. The van der Waals surface area contributed by atoms with E-state index in [-0.39, 0.29) is 18.2 Å². The highest BCUT2D eigenvalue weighted by Gasteiger charge is 2.40. The van der Waals surface area contributed by atoms with Crippen LogP contribution in [0, 0.1) is 20.8 Å². The SMILES string of the molecule is COc1cccc(NC2CC(=O)N(c3c(C)cc(C)cc3C)C2=O)c1. The number of imide groups is 1. The normalized spacial score (nSPS) is 17.1. The molecule has 1 atom stereocenters. The van der Waals surface area contributed by atoms with E-state index in [1.807, 2.05) is 57.2 Å². The molecule has 1 N–H and O–H groups in total. The average Bonchev–Trinajstić information content (AvgIpc) is 2.82. The van der Waals surface area contributed by atoms with E-state index in [1.54, 1.807) is 7.11 Å². The first-order valence-corrected chi connectivity index (χ1v) is 8.26. The van der Waals surface area contributed by atoms with Gasteiger partial charge in [0.15, 0.2) is 0 Å². The van der Waals surface area contributed by atoms with Crippen LogP contribution in [0.15, 0.2) is 36.4 Å². The van der Waals surface area contributed by atoms with Gasteiger partial charge in [-0.05, 0) is 44.0 Å².